The Balaban J connectivity index is 1.14. The second-order valence-corrected chi connectivity index (χ2v) is 17.3. The maximum atomic E-state index is 14.1. The number of aryl methyl sites for hydroxylation is 3. The summed E-state index contributed by atoms with van der Waals surface area (Å²) in [5.41, 5.74) is 13.2. The summed E-state index contributed by atoms with van der Waals surface area (Å²) in [4.78, 5) is 54.0. The van der Waals surface area contributed by atoms with Gasteiger partial charge in [0.1, 0.15) is 5.00 Å². The summed E-state index contributed by atoms with van der Waals surface area (Å²) in [6.07, 6.45) is 7.10. The number of nitrogens with one attached hydrogen (secondary N) is 2. The molecular formula is C41H44N6O8S2. The molecule has 4 N–H and O–H groups in total. The van der Waals surface area contributed by atoms with E-state index in [1.54, 1.807) is 12.1 Å². The van der Waals surface area contributed by atoms with Gasteiger partial charge in [-0.25, -0.2) is 13.2 Å². The van der Waals surface area contributed by atoms with Crippen molar-refractivity contribution in [2.75, 3.05) is 23.7 Å². The van der Waals surface area contributed by atoms with Gasteiger partial charge in [0, 0.05) is 40.2 Å². The molecule has 2 aliphatic carbocycles. The number of rotatable bonds is 16. The highest BCUT2D eigenvalue weighted by molar-refractivity contribution is 7.89. The van der Waals surface area contributed by atoms with Crippen molar-refractivity contribution >= 4 is 55.8 Å². The first-order valence-corrected chi connectivity index (χ1v) is 21.2. The minimum absolute atomic E-state index is 0.0752. The van der Waals surface area contributed by atoms with Crippen molar-refractivity contribution in [2.24, 2.45) is 11.0 Å². The fraction of sp³-hybridized carbons (Fsp3) is 0.366. The predicted octanol–water partition coefficient (Wildman–Crippen LogP) is 7.95. The lowest BCUT2D eigenvalue weighted by atomic mass is 9.86. The molecule has 0 saturated heterocycles. The fourth-order valence-electron chi connectivity index (χ4n) is 7.56. The molecule has 1 saturated carbocycles. The van der Waals surface area contributed by atoms with Crippen molar-refractivity contribution in [3.05, 3.63) is 121 Å². The average Bonchev–Trinajstić information content (AvgIpc) is 3.58. The van der Waals surface area contributed by atoms with Gasteiger partial charge in [-0.15, -0.1) is 11.3 Å². The van der Waals surface area contributed by atoms with Gasteiger partial charge in [-0.2, -0.15) is 4.31 Å². The number of carboxylic acid groups (broad SMARTS) is 2. The Morgan fingerprint density at radius 2 is 1.51 bits per heavy atom. The number of anilines is 2. The van der Waals surface area contributed by atoms with E-state index in [0.29, 0.717) is 48.4 Å². The average molecular weight is 813 g/mol. The molecule has 1 fully saturated rings. The van der Waals surface area contributed by atoms with Gasteiger partial charge in [0.05, 0.1) is 21.9 Å². The van der Waals surface area contributed by atoms with E-state index in [2.05, 4.69) is 20.7 Å². The molecule has 6 rings (SSSR count). The number of azide groups is 1. The molecule has 298 valence electrons. The van der Waals surface area contributed by atoms with Crippen molar-refractivity contribution in [1.29, 1.82) is 0 Å². The van der Waals surface area contributed by atoms with Gasteiger partial charge >= 0.3 is 11.9 Å². The quantitative estimate of drug-likeness (QED) is 0.0493. The first-order valence-electron chi connectivity index (χ1n) is 19.0. The predicted molar refractivity (Wildman–Crippen MR) is 216 cm³/mol. The number of benzene rings is 3. The molecule has 4 aromatic rings. The van der Waals surface area contributed by atoms with Crippen LogP contribution in [0, 0.1) is 5.92 Å². The maximum Gasteiger partial charge on any atom is 0.335 e. The van der Waals surface area contributed by atoms with Crippen LogP contribution in [0.25, 0.3) is 10.4 Å². The second-order valence-electron chi connectivity index (χ2n) is 14.3. The highest BCUT2D eigenvalue weighted by Crippen LogP contribution is 2.39. The van der Waals surface area contributed by atoms with Crippen LogP contribution in [0.5, 0.6) is 0 Å². The van der Waals surface area contributed by atoms with Crippen molar-refractivity contribution in [2.45, 2.75) is 81.6 Å². The third kappa shape index (κ3) is 10.1. The van der Waals surface area contributed by atoms with Gasteiger partial charge in [0.25, 0.3) is 11.8 Å². The van der Waals surface area contributed by atoms with Crippen LogP contribution in [-0.2, 0) is 40.5 Å². The lowest BCUT2D eigenvalue weighted by molar-refractivity contribution is -0.143. The molecule has 0 aliphatic heterocycles. The molecule has 16 heteroatoms. The molecule has 2 amide bonds. The normalized spacial score (nSPS) is 16.6. The number of aliphatic carboxylic acids is 1. The third-order valence-electron chi connectivity index (χ3n) is 10.6. The van der Waals surface area contributed by atoms with Crippen molar-refractivity contribution < 1.29 is 37.8 Å². The number of fused-ring (bicyclic) bond motifs is 1. The molecule has 14 nitrogen and oxygen atoms in total. The van der Waals surface area contributed by atoms with E-state index in [1.807, 2.05) is 36.4 Å². The largest absolute Gasteiger partial charge is 0.481 e. The van der Waals surface area contributed by atoms with E-state index in [1.165, 1.54) is 39.9 Å². The number of thiophene rings is 1. The van der Waals surface area contributed by atoms with Crippen molar-refractivity contribution in [1.82, 2.24) is 4.31 Å². The summed E-state index contributed by atoms with van der Waals surface area (Å²) < 4.78 is 29.4. The molecule has 1 heterocycles. The van der Waals surface area contributed by atoms with Crippen LogP contribution in [0.3, 0.4) is 0 Å². The van der Waals surface area contributed by atoms with Gasteiger partial charge in [0.15, 0.2) is 0 Å². The number of carbonyl (C=O) groups excluding carboxylic acids is 2. The van der Waals surface area contributed by atoms with Crippen LogP contribution in [0.15, 0.2) is 82.8 Å². The summed E-state index contributed by atoms with van der Waals surface area (Å²) in [5.74, 6) is -3.35. The highest BCUT2D eigenvalue weighted by atomic mass is 32.2. The number of hydrogen-bond acceptors (Lipinski definition) is 8. The van der Waals surface area contributed by atoms with Crippen LogP contribution in [-0.4, -0.2) is 65.8 Å². The fourth-order valence-corrected chi connectivity index (χ4v) is 10.6. The number of aromatic carboxylic acids is 1. The maximum absolute atomic E-state index is 14.1. The van der Waals surface area contributed by atoms with Crippen LogP contribution in [0.1, 0.15) is 97.6 Å². The topological polar surface area (TPSA) is 219 Å². The summed E-state index contributed by atoms with van der Waals surface area (Å²) in [7, 11) is -4.19. The second kappa shape index (κ2) is 18.6. The van der Waals surface area contributed by atoms with E-state index >= 15 is 0 Å². The van der Waals surface area contributed by atoms with Gasteiger partial charge in [0.2, 0.25) is 10.0 Å². The molecule has 0 atom stereocenters. The Morgan fingerprint density at radius 3 is 2.16 bits per heavy atom. The molecular weight excluding hydrogens is 769 g/mol. The van der Waals surface area contributed by atoms with Gasteiger partial charge < -0.3 is 20.8 Å². The van der Waals surface area contributed by atoms with Crippen LogP contribution in [0.2, 0.25) is 0 Å². The summed E-state index contributed by atoms with van der Waals surface area (Å²) in [5, 5.41) is 28.4. The van der Waals surface area contributed by atoms with E-state index in [-0.39, 0.29) is 35.0 Å². The number of nitrogens with zero attached hydrogens (tertiary/aromatic N) is 4. The summed E-state index contributed by atoms with van der Waals surface area (Å²) in [6, 6.07) is 19.6. The van der Waals surface area contributed by atoms with Gasteiger partial charge in [-0.05, 0) is 135 Å². The van der Waals surface area contributed by atoms with Gasteiger partial charge in [-0.1, -0.05) is 35.4 Å². The monoisotopic (exact) mass is 812 g/mol. The minimum atomic E-state index is -4.19. The van der Waals surface area contributed by atoms with E-state index in [0.717, 1.165) is 60.1 Å². The molecule has 3 aromatic carbocycles. The van der Waals surface area contributed by atoms with Crippen LogP contribution < -0.4 is 10.6 Å². The Hall–Kier alpha value is -5.54. The minimum Gasteiger partial charge on any atom is -0.481 e. The Labute approximate surface area is 334 Å². The molecule has 2 aliphatic rings. The third-order valence-corrected chi connectivity index (χ3v) is 13.8. The Kier molecular flexibility index (Phi) is 13.4. The van der Waals surface area contributed by atoms with E-state index < -0.39 is 39.8 Å². The first-order chi connectivity index (χ1) is 27.4. The molecule has 57 heavy (non-hydrogen) atoms. The standard InChI is InChI=1S/C41H44N6O8S2/c42-46-43-23-24-47(32-21-17-29(18-22-32)41(52)53)57(54,55)33-8-4-7-30(25-33)37(48)45-39-36(34-9-1-2-10-35(34)56-39)38(49)44-31-19-13-27(14-20-31)6-3-5-26-11-15-28(16-12-26)40(50)51/h4,7-8,11-16,19-20,25,29,32H,1-3,5-6,9-10,17-18,21-24H2,(H,44,49)(H,45,48)(H,50,51)(H,52,53). The lowest BCUT2D eigenvalue weighted by Gasteiger charge is -2.35. The lowest BCUT2D eigenvalue weighted by Crippen LogP contribution is -2.44. The van der Waals surface area contributed by atoms with Crippen molar-refractivity contribution in [3.63, 3.8) is 0 Å². The number of amides is 2. The Morgan fingerprint density at radius 1 is 0.842 bits per heavy atom. The summed E-state index contributed by atoms with van der Waals surface area (Å²) >= 11 is 1.35. The van der Waals surface area contributed by atoms with Crippen LogP contribution >= 0.6 is 11.3 Å². The van der Waals surface area contributed by atoms with E-state index in [4.69, 9.17) is 10.6 Å². The molecule has 0 bridgehead atoms. The smallest absolute Gasteiger partial charge is 0.335 e. The summed E-state index contributed by atoms with van der Waals surface area (Å²) in [6.45, 7) is -0.208. The molecule has 0 spiro atoms. The first kappa shape index (κ1) is 41.1. The highest BCUT2D eigenvalue weighted by Gasteiger charge is 2.36. The van der Waals surface area contributed by atoms with Crippen LogP contribution in [0.4, 0.5) is 10.7 Å². The van der Waals surface area contributed by atoms with E-state index in [9.17, 15) is 32.7 Å². The van der Waals surface area contributed by atoms with Gasteiger partial charge in [-0.3, -0.25) is 14.4 Å². The number of sulfonamides is 1. The Bertz CT molecular complexity index is 2280. The zero-order chi connectivity index (χ0) is 40.5. The number of carbonyl (C=O) groups is 4. The molecule has 1 aromatic heterocycles. The SMILES string of the molecule is [N-]=[N+]=NCCN(C1CCC(C(=O)O)CC1)S(=O)(=O)c1cccc(C(=O)Nc2sc3c(c2C(=O)Nc2ccc(CCCc4ccc(C(=O)O)cc4)cc2)CCCC3)c1. The van der Waals surface area contributed by atoms with Crippen molar-refractivity contribution in [3.8, 4) is 0 Å². The molecule has 0 unspecified atom stereocenters. The number of hydrogen-bond donors (Lipinski definition) is 4. The zero-order valence-corrected chi connectivity index (χ0v) is 32.9. The number of carboxylic acids is 2. The molecule has 0 radical (unpaired) electrons. The zero-order valence-electron chi connectivity index (χ0n) is 31.2.